The molecule has 34 heavy (non-hydrogen) atoms. The summed E-state index contributed by atoms with van der Waals surface area (Å²) in [5.41, 5.74) is 4.96. The van der Waals surface area contributed by atoms with Crippen LogP contribution in [0.15, 0.2) is 40.8 Å². The van der Waals surface area contributed by atoms with Gasteiger partial charge in [0.15, 0.2) is 0 Å². The van der Waals surface area contributed by atoms with Crippen molar-refractivity contribution in [2.75, 3.05) is 0 Å². The SMILES string of the molecule is Cc1nc(COc2cc(C)n(-c3cc(-c4ccnc(C(C)(C)C)n4)ncc3C)c(=O)c2C)cs1. The Morgan fingerprint density at radius 2 is 1.79 bits per heavy atom. The van der Waals surface area contributed by atoms with Crippen LogP contribution in [0.5, 0.6) is 5.75 Å². The number of nitrogens with zero attached hydrogens (tertiary/aromatic N) is 5. The lowest BCUT2D eigenvalue weighted by molar-refractivity contribution is 0.298. The van der Waals surface area contributed by atoms with Crippen LogP contribution in [0, 0.1) is 27.7 Å². The van der Waals surface area contributed by atoms with Gasteiger partial charge < -0.3 is 4.74 Å². The molecule has 176 valence electrons. The van der Waals surface area contributed by atoms with Gasteiger partial charge in [0, 0.05) is 34.9 Å². The predicted octanol–water partition coefficient (Wildman–Crippen LogP) is 5.26. The van der Waals surface area contributed by atoms with Gasteiger partial charge in [0.2, 0.25) is 0 Å². The zero-order valence-corrected chi connectivity index (χ0v) is 21.4. The highest BCUT2D eigenvalue weighted by Crippen LogP contribution is 2.26. The van der Waals surface area contributed by atoms with Crippen molar-refractivity contribution in [1.82, 2.24) is 24.5 Å². The monoisotopic (exact) mass is 475 g/mol. The summed E-state index contributed by atoms with van der Waals surface area (Å²) in [6.45, 7) is 14.2. The summed E-state index contributed by atoms with van der Waals surface area (Å²) >= 11 is 1.58. The van der Waals surface area contributed by atoms with Gasteiger partial charge in [-0.15, -0.1) is 11.3 Å². The van der Waals surface area contributed by atoms with Gasteiger partial charge >= 0.3 is 0 Å². The predicted molar refractivity (Wildman–Crippen MR) is 135 cm³/mol. The molecule has 0 spiro atoms. The zero-order chi connectivity index (χ0) is 24.6. The van der Waals surface area contributed by atoms with E-state index in [1.54, 1.807) is 35.2 Å². The van der Waals surface area contributed by atoms with Crippen LogP contribution in [0.3, 0.4) is 0 Å². The molecule has 8 heteroatoms. The van der Waals surface area contributed by atoms with Gasteiger partial charge in [-0.25, -0.2) is 15.0 Å². The van der Waals surface area contributed by atoms with E-state index in [4.69, 9.17) is 9.72 Å². The Morgan fingerprint density at radius 1 is 1.03 bits per heavy atom. The summed E-state index contributed by atoms with van der Waals surface area (Å²) in [6.07, 6.45) is 3.53. The molecule has 4 aromatic heterocycles. The Morgan fingerprint density at radius 3 is 2.47 bits per heavy atom. The molecule has 0 radical (unpaired) electrons. The van der Waals surface area contributed by atoms with Crippen LogP contribution in [0.1, 0.15) is 54.1 Å². The Kier molecular flexibility index (Phi) is 6.36. The molecule has 7 nitrogen and oxygen atoms in total. The highest BCUT2D eigenvalue weighted by Gasteiger charge is 2.19. The van der Waals surface area contributed by atoms with Crippen LogP contribution in [-0.2, 0) is 12.0 Å². The molecule has 0 saturated carbocycles. The highest BCUT2D eigenvalue weighted by molar-refractivity contribution is 7.09. The Bertz CT molecular complexity index is 1420. The number of pyridine rings is 2. The van der Waals surface area contributed by atoms with Crippen LogP contribution in [-0.4, -0.2) is 24.5 Å². The second kappa shape index (κ2) is 9.10. The van der Waals surface area contributed by atoms with Crippen molar-refractivity contribution < 1.29 is 4.74 Å². The first-order chi connectivity index (χ1) is 16.0. The molecule has 0 fully saturated rings. The maximum atomic E-state index is 13.4. The minimum absolute atomic E-state index is 0.122. The summed E-state index contributed by atoms with van der Waals surface area (Å²) in [7, 11) is 0. The van der Waals surface area contributed by atoms with E-state index in [-0.39, 0.29) is 11.0 Å². The van der Waals surface area contributed by atoms with E-state index in [9.17, 15) is 4.79 Å². The quantitative estimate of drug-likeness (QED) is 0.392. The molecule has 4 heterocycles. The largest absolute Gasteiger partial charge is 0.487 e. The van der Waals surface area contributed by atoms with E-state index >= 15 is 0 Å². The Hall–Kier alpha value is -3.39. The number of thiazole rings is 1. The standard InChI is InChI=1S/C26H29N5O2S/c1-15-12-28-21(20-8-9-27-25(30-20)26(5,6)7)11-22(15)31-16(2)10-23(17(3)24(31)32)33-13-19-14-34-18(4)29-19/h8-12,14H,13H2,1-7H3. The maximum absolute atomic E-state index is 13.4. The molecule has 0 saturated heterocycles. The molecule has 0 aliphatic rings. The average Bonchev–Trinajstić information content (AvgIpc) is 3.21. The first-order valence-corrected chi connectivity index (χ1v) is 12.0. The van der Waals surface area contributed by atoms with Crippen molar-refractivity contribution in [3.05, 3.63) is 79.7 Å². The van der Waals surface area contributed by atoms with Gasteiger partial charge in [-0.2, -0.15) is 0 Å². The van der Waals surface area contributed by atoms with E-state index in [0.717, 1.165) is 39.2 Å². The number of aryl methyl sites for hydroxylation is 3. The van der Waals surface area contributed by atoms with E-state index in [0.29, 0.717) is 23.6 Å². The molecule has 0 aliphatic heterocycles. The molecule has 0 atom stereocenters. The van der Waals surface area contributed by atoms with Crippen LogP contribution < -0.4 is 10.3 Å². The first kappa shape index (κ1) is 23.8. The molecular weight excluding hydrogens is 446 g/mol. The van der Waals surface area contributed by atoms with Gasteiger partial charge in [-0.05, 0) is 45.4 Å². The van der Waals surface area contributed by atoms with E-state index in [1.165, 1.54) is 0 Å². The molecule has 4 rings (SSSR count). The lowest BCUT2D eigenvalue weighted by atomic mass is 9.95. The second-order valence-electron chi connectivity index (χ2n) is 9.43. The second-order valence-corrected chi connectivity index (χ2v) is 10.5. The number of aromatic nitrogens is 5. The van der Waals surface area contributed by atoms with E-state index in [1.807, 2.05) is 44.4 Å². The van der Waals surface area contributed by atoms with Crippen molar-refractivity contribution in [2.45, 2.75) is 60.5 Å². The van der Waals surface area contributed by atoms with Crippen molar-refractivity contribution in [2.24, 2.45) is 0 Å². The minimum atomic E-state index is -0.179. The Labute approximate surface area is 203 Å². The number of hydrogen-bond donors (Lipinski definition) is 0. The molecule has 0 N–H and O–H groups in total. The summed E-state index contributed by atoms with van der Waals surface area (Å²) < 4.78 is 7.67. The smallest absolute Gasteiger partial charge is 0.261 e. The van der Waals surface area contributed by atoms with Crippen molar-refractivity contribution >= 4 is 11.3 Å². The fraction of sp³-hybridized carbons (Fsp3) is 0.346. The molecule has 0 amide bonds. The molecule has 0 unspecified atom stereocenters. The van der Waals surface area contributed by atoms with Crippen molar-refractivity contribution in [3.8, 4) is 22.8 Å². The minimum Gasteiger partial charge on any atom is -0.487 e. The molecule has 0 aromatic carbocycles. The number of ether oxygens (including phenoxy) is 1. The van der Waals surface area contributed by atoms with Gasteiger partial charge in [0.1, 0.15) is 18.2 Å². The molecule has 0 aliphatic carbocycles. The average molecular weight is 476 g/mol. The topological polar surface area (TPSA) is 82.8 Å². The van der Waals surface area contributed by atoms with Gasteiger partial charge in [0.25, 0.3) is 5.56 Å². The third-order valence-electron chi connectivity index (χ3n) is 5.53. The van der Waals surface area contributed by atoms with Gasteiger partial charge in [-0.3, -0.25) is 14.3 Å². The lowest BCUT2D eigenvalue weighted by Crippen LogP contribution is -2.24. The molecule has 0 bridgehead atoms. The van der Waals surface area contributed by atoms with Crippen molar-refractivity contribution in [1.29, 1.82) is 0 Å². The third kappa shape index (κ3) is 4.77. The Balaban J connectivity index is 1.73. The van der Waals surface area contributed by atoms with Crippen LogP contribution in [0.4, 0.5) is 0 Å². The normalized spacial score (nSPS) is 11.6. The van der Waals surface area contributed by atoms with Gasteiger partial charge in [0.05, 0.1) is 33.3 Å². The lowest BCUT2D eigenvalue weighted by Gasteiger charge is -2.18. The van der Waals surface area contributed by atoms with E-state index in [2.05, 4.69) is 35.7 Å². The van der Waals surface area contributed by atoms with Crippen LogP contribution >= 0.6 is 11.3 Å². The zero-order valence-electron chi connectivity index (χ0n) is 20.6. The maximum Gasteiger partial charge on any atom is 0.261 e. The van der Waals surface area contributed by atoms with Crippen LogP contribution in [0.2, 0.25) is 0 Å². The fourth-order valence-corrected chi connectivity index (χ4v) is 4.23. The fourth-order valence-electron chi connectivity index (χ4n) is 3.63. The number of rotatable bonds is 5. The third-order valence-corrected chi connectivity index (χ3v) is 6.36. The number of hydrogen-bond acceptors (Lipinski definition) is 7. The summed E-state index contributed by atoms with van der Waals surface area (Å²) in [5, 5.41) is 2.96. The van der Waals surface area contributed by atoms with Gasteiger partial charge in [-0.1, -0.05) is 20.8 Å². The highest BCUT2D eigenvalue weighted by atomic mass is 32.1. The summed E-state index contributed by atoms with van der Waals surface area (Å²) in [5.74, 6) is 1.32. The van der Waals surface area contributed by atoms with E-state index < -0.39 is 0 Å². The summed E-state index contributed by atoms with van der Waals surface area (Å²) in [4.78, 5) is 31.6. The molecular formula is C26H29N5O2S. The van der Waals surface area contributed by atoms with Crippen molar-refractivity contribution in [3.63, 3.8) is 0 Å². The summed E-state index contributed by atoms with van der Waals surface area (Å²) in [6, 6.07) is 5.66. The van der Waals surface area contributed by atoms with Crippen LogP contribution in [0.25, 0.3) is 17.1 Å². The molecule has 4 aromatic rings. The first-order valence-electron chi connectivity index (χ1n) is 11.1.